The molecule has 4 heteroatoms. The van der Waals surface area contributed by atoms with Crippen LogP contribution < -0.4 is 10.1 Å². The van der Waals surface area contributed by atoms with Gasteiger partial charge in [-0.15, -0.1) is 0 Å². The maximum absolute atomic E-state index is 10.00. The number of hydrogen-bond acceptors (Lipinski definition) is 4. The molecule has 4 nitrogen and oxygen atoms in total. The summed E-state index contributed by atoms with van der Waals surface area (Å²) in [6.45, 7) is 8.16. The number of anilines is 1. The molecule has 1 saturated heterocycles. The lowest BCUT2D eigenvalue weighted by molar-refractivity contribution is -0.0808. The summed E-state index contributed by atoms with van der Waals surface area (Å²) in [4.78, 5) is 0. The zero-order valence-electron chi connectivity index (χ0n) is 13.0. The zero-order chi connectivity index (χ0) is 15.0. The molecule has 20 heavy (non-hydrogen) atoms. The Balaban J connectivity index is 2.32. The minimum atomic E-state index is -0.511. The maximum atomic E-state index is 10.00. The van der Waals surface area contributed by atoms with E-state index in [0.717, 1.165) is 17.9 Å². The summed E-state index contributed by atoms with van der Waals surface area (Å²) in [5, 5.41) is 13.5. The number of hydrogen-bond donors (Lipinski definition) is 2. The zero-order valence-corrected chi connectivity index (χ0v) is 13.0. The second kappa shape index (κ2) is 4.93. The molecule has 0 aromatic heterocycles. The first kappa shape index (κ1) is 15.1. The first-order valence-corrected chi connectivity index (χ1v) is 6.97. The van der Waals surface area contributed by atoms with Gasteiger partial charge in [0.1, 0.15) is 5.75 Å². The van der Waals surface area contributed by atoms with Gasteiger partial charge < -0.3 is 19.9 Å². The van der Waals surface area contributed by atoms with E-state index in [-0.39, 0.29) is 12.2 Å². The molecule has 1 heterocycles. The van der Waals surface area contributed by atoms with Gasteiger partial charge in [-0.2, -0.15) is 0 Å². The summed E-state index contributed by atoms with van der Waals surface area (Å²) < 4.78 is 11.4. The van der Waals surface area contributed by atoms with E-state index in [1.54, 1.807) is 7.11 Å². The van der Waals surface area contributed by atoms with Crippen molar-refractivity contribution in [1.29, 1.82) is 0 Å². The fourth-order valence-corrected chi connectivity index (χ4v) is 3.22. The van der Waals surface area contributed by atoms with Crippen LogP contribution in [0.3, 0.4) is 0 Å². The first-order chi connectivity index (χ1) is 9.24. The lowest BCUT2D eigenvalue weighted by atomic mass is 9.79. The highest BCUT2D eigenvalue weighted by Gasteiger charge is 2.57. The molecular formula is C16H25NO3. The topological polar surface area (TPSA) is 50.7 Å². The van der Waals surface area contributed by atoms with Crippen LogP contribution in [-0.4, -0.2) is 35.6 Å². The Hall–Kier alpha value is -1.26. The monoisotopic (exact) mass is 279 g/mol. The van der Waals surface area contributed by atoms with E-state index in [9.17, 15) is 5.11 Å². The summed E-state index contributed by atoms with van der Waals surface area (Å²) in [6.07, 6.45) is 0.737. The van der Waals surface area contributed by atoms with Crippen LogP contribution in [0.15, 0.2) is 24.3 Å². The van der Waals surface area contributed by atoms with Crippen LogP contribution in [0.5, 0.6) is 5.75 Å². The van der Waals surface area contributed by atoms with Crippen molar-refractivity contribution in [3.8, 4) is 5.75 Å². The molecule has 0 bridgehead atoms. The van der Waals surface area contributed by atoms with Crippen molar-refractivity contribution in [3.63, 3.8) is 0 Å². The van der Waals surface area contributed by atoms with E-state index < -0.39 is 11.1 Å². The van der Waals surface area contributed by atoms with Crippen LogP contribution in [0.4, 0.5) is 5.69 Å². The van der Waals surface area contributed by atoms with Gasteiger partial charge in [0.2, 0.25) is 0 Å². The van der Waals surface area contributed by atoms with Crippen molar-refractivity contribution in [2.24, 2.45) is 0 Å². The van der Waals surface area contributed by atoms with Gasteiger partial charge in [-0.1, -0.05) is 6.07 Å². The molecule has 1 atom stereocenters. The Morgan fingerprint density at radius 1 is 1.30 bits per heavy atom. The largest absolute Gasteiger partial charge is 0.497 e. The van der Waals surface area contributed by atoms with Crippen molar-refractivity contribution >= 4 is 5.69 Å². The normalized spacial score (nSPS) is 27.3. The van der Waals surface area contributed by atoms with E-state index in [4.69, 9.17) is 9.47 Å². The minimum absolute atomic E-state index is 0.0145. The van der Waals surface area contributed by atoms with Gasteiger partial charge in [0.05, 0.1) is 30.5 Å². The van der Waals surface area contributed by atoms with E-state index >= 15 is 0 Å². The SMILES string of the molecule is COc1cccc(NC2(CO)CC(C)(C)OC2(C)C)c1. The number of aliphatic hydroxyl groups is 1. The molecule has 1 unspecified atom stereocenters. The smallest absolute Gasteiger partial charge is 0.120 e. The van der Waals surface area contributed by atoms with Crippen molar-refractivity contribution in [3.05, 3.63) is 24.3 Å². The summed E-state index contributed by atoms with van der Waals surface area (Å²) in [5.41, 5.74) is -0.317. The molecule has 2 rings (SSSR count). The molecule has 1 aliphatic rings. The number of rotatable bonds is 4. The van der Waals surface area contributed by atoms with Crippen LogP contribution in [-0.2, 0) is 4.74 Å². The summed E-state index contributed by atoms with van der Waals surface area (Å²) in [5.74, 6) is 0.791. The lowest BCUT2D eigenvalue weighted by Gasteiger charge is -2.40. The van der Waals surface area contributed by atoms with Crippen LogP contribution in [0.25, 0.3) is 0 Å². The standard InChI is InChI=1S/C16H25NO3/c1-14(2)10-16(11-18,15(3,4)20-14)17-12-7-6-8-13(9-12)19-5/h6-9,17-18H,10-11H2,1-5H3. The van der Waals surface area contributed by atoms with Gasteiger partial charge in [-0.3, -0.25) is 0 Å². The van der Waals surface area contributed by atoms with Crippen LogP contribution in [0.1, 0.15) is 34.1 Å². The van der Waals surface area contributed by atoms with E-state index in [1.807, 2.05) is 38.1 Å². The van der Waals surface area contributed by atoms with Gasteiger partial charge in [0.15, 0.2) is 0 Å². The van der Waals surface area contributed by atoms with E-state index in [0.29, 0.717) is 0 Å². The van der Waals surface area contributed by atoms with Gasteiger partial charge in [-0.05, 0) is 39.8 Å². The Morgan fingerprint density at radius 3 is 2.50 bits per heavy atom. The quantitative estimate of drug-likeness (QED) is 0.890. The number of aliphatic hydroxyl groups excluding tert-OH is 1. The molecular weight excluding hydrogens is 254 g/mol. The predicted octanol–water partition coefficient (Wildman–Crippen LogP) is 2.82. The minimum Gasteiger partial charge on any atom is -0.497 e. The second-order valence-electron chi connectivity index (χ2n) is 6.65. The Bertz CT molecular complexity index is 484. The van der Waals surface area contributed by atoms with E-state index in [2.05, 4.69) is 19.2 Å². The number of methoxy groups -OCH3 is 1. The van der Waals surface area contributed by atoms with Crippen molar-refractivity contribution in [2.75, 3.05) is 19.0 Å². The molecule has 1 aromatic rings. The molecule has 1 aromatic carbocycles. The Kier molecular flexibility index (Phi) is 3.73. The van der Waals surface area contributed by atoms with Crippen LogP contribution >= 0.6 is 0 Å². The van der Waals surface area contributed by atoms with Crippen molar-refractivity contribution < 1.29 is 14.6 Å². The van der Waals surface area contributed by atoms with Crippen LogP contribution in [0, 0.1) is 0 Å². The third-order valence-corrected chi connectivity index (χ3v) is 4.13. The summed E-state index contributed by atoms with van der Waals surface area (Å²) in [6, 6.07) is 7.73. The lowest BCUT2D eigenvalue weighted by Crippen LogP contribution is -2.55. The summed E-state index contributed by atoms with van der Waals surface area (Å²) >= 11 is 0. The Labute approximate surface area is 121 Å². The average Bonchev–Trinajstić information content (AvgIpc) is 2.54. The predicted molar refractivity (Wildman–Crippen MR) is 80.3 cm³/mol. The van der Waals surface area contributed by atoms with Gasteiger partial charge >= 0.3 is 0 Å². The van der Waals surface area contributed by atoms with Crippen molar-refractivity contribution in [2.45, 2.75) is 50.9 Å². The number of benzene rings is 1. The van der Waals surface area contributed by atoms with Crippen molar-refractivity contribution in [1.82, 2.24) is 0 Å². The molecule has 0 radical (unpaired) electrons. The average molecular weight is 279 g/mol. The second-order valence-corrected chi connectivity index (χ2v) is 6.65. The van der Waals surface area contributed by atoms with Crippen LogP contribution in [0.2, 0.25) is 0 Å². The highest BCUT2D eigenvalue weighted by Crippen LogP contribution is 2.46. The van der Waals surface area contributed by atoms with Gasteiger partial charge in [0.25, 0.3) is 0 Å². The fraction of sp³-hybridized carbons (Fsp3) is 0.625. The van der Waals surface area contributed by atoms with Gasteiger partial charge in [-0.25, -0.2) is 0 Å². The molecule has 2 N–H and O–H groups in total. The first-order valence-electron chi connectivity index (χ1n) is 6.97. The van der Waals surface area contributed by atoms with Gasteiger partial charge in [0, 0.05) is 18.2 Å². The highest BCUT2D eigenvalue weighted by molar-refractivity contribution is 5.51. The van der Waals surface area contributed by atoms with E-state index in [1.165, 1.54) is 0 Å². The molecule has 0 spiro atoms. The third-order valence-electron chi connectivity index (χ3n) is 4.13. The fourth-order valence-electron chi connectivity index (χ4n) is 3.22. The molecule has 112 valence electrons. The third kappa shape index (κ3) is 2.63. The molecule has 0 amide bonds. The number of ether oxygens (including phenoxy) is 2. The molecule has 1 aliphatic heterocycles. The maximum Gasteiger partial charge on any atom is 0.120 e. The molecule has 1 fully saturated rings. The highest BCUT2D eigenvalue weighted by atomic mass is 16.5. The number of nitrogens with one attached hydrogen (secondary N) is 1. The summed E-state index contributed by atoms with van der Waals surface area (Å²) in [7, 11) is 1.65. The molecule has 0 saturated carbocycles. The Morgan fingerprint density at radius 2 is 2.00 bits per heavy atom. The molecule has 0 aliphatic carbocycles.